The highest BCUT2D eigenvalue weighted by atomic mass is 16.1. The molecule has 0 radical (unpaired) electrons. The van der Waals surface area contributed by atoms with Crippen LogP contribution in [0.4, 0.5) is 0 Å². The van der Waals surface area contributed by atoms with E-state index in [0.717, 1.165) is 24.7 Å². The molecule has 0 atom stereocenters. The fourth-order valence-corrected chi connectivity index (χ4v) is 0.791. The van der Waals surface area contributed by atoms with Crippen LogP contribution in [0.25, 0.3) is 0 Å². The molecule has 1 heteroatoms. The highest BCUT2D eigenvalue weighted by molar-refractivity contribution is 5.72. The van der Waals surface area contributed by atoms with E-state index in [4.69, 9.17) is 0 Å². The lowest BCUT2D eigenvalue weighted by Crippen LogP contribution is -1.76. The third-order valence-corrected chi connectivity index (χ3v) is 1.46. The minimum Gasteiger partial charge on any atom is -0.298 e. The summed E-state index contributed by atoms with van der Waals surface area (Å²) in [6.07, 6.45) is 7.01. The van der Waals surface area contributed by atoms with Gasteiger partial charge in [0.05, 0.1) is 0 Å². The maximum atomic E-state index is 10.2. The first kappa shape index (κ1) is 10.2. The van der Waals surface area contributed by atoms with Gasteiger partial charge in [-0.2, -0.15) is 0 Å². The molecule has 0 unspecified atom stereocenters. The van der Waals surface area contributed by atoms with Crippen LogP contribution in [0.1, 0.15) is 33.6 Å². The maximum absolute atomic E-state index is 10.2. The van der Waals surface area contributed by atoms with Crippen molar-refractivity contribution in [1.29, 1.82) is 0 Å². The summed E-state index contributed by atoms with van der Waals surface area (Å²) in [5.41, 5.74) is 2.11. The van der Waals surface area contributed by atoms with E-state index in [0.29, 0.717) is 0 Å². The van der Waals surface area contributed by atoms with E-state index in [1.54, 1.807) is 0 Å². The summed E-state index contributed by atoms with van der Waals surface area (Å²) < 4.78 is 0. The average molecular weight is 152 g/mol. The summed E-state index contributed by atoms with van der Waals surface area (Å²) in [7, 11) is 0. The van der Waals surface area contributed by atoms with Gasteiger partial charge in [0, 0.05) is 0 Å². The molecular formula is C10H16O. The van der Waals surface area contributed by atoms with Crippen LogP contribution in [0.15, 0.2) is 23.3 Å². The molecular weight excluding hydrogens is 136 g/mol. The van der Waals surface area contributed by atoms with Crippen LogP contribution < -0.4 is 0 Å². The molecule has 0 heterocycles. The van der Waals surface area contributed by atoms with Crippen molar-refractivity contribution in [3.8, 4) is 0 Å². The molecule has 0 bridgehead atoms. The van der Waals surface area contributed by atoms with Crippen molar-refractivity contribution in [2.45, 2.75) is 33.6 Å². The molecule has 0 N–H and O–H groups in total. The monoisotopic (exact) mass is 152 g/mol. The van der Waals surface area contributed by atoms with E-state index in [1.165, 1.54) is 5.57 Å². The van der Waals surface area contributed by atoms with E-state index < -0.39 is 0 Å². The predicted molar refractivity (Wildman–Crippen MR) is 48.5 cm³/mol. The van der Waals surface area contributed by atoms with Crippen molar-refractivity contribution >= 4 is 6.29 Å². The van der Waals surface area contributed by atoms with E-state index in [9.17, 15) is 4.79 Å². The first-order chi connectivity index (χ1) is 5.20. The first-order valence-corrected chi connectivity index (χ1v) is 4.00. The Morgan fingerprint density at radius 3 is 2.36 bits per heavy atom. The van der Waals surface area contributed by atoms with E-state index in [-0.39, 0.29) is 0 Å². The summed E-state index contributed by atoms with van der Waals surface area (Å²) in [5, 5.41) is 0. The minimum atomic E-state index is 0.778. The van der Waals surface area contributed by atoms with Crippen molar-refractivity contribution < 1.29 is 4.79 Å². The van der Waals surface area contributed by atoms with Crippen LogP contribution in [-0.2, 0) is 4.79 Å². The van der Waals surface area contributed by atoms with Gasteiger partial charge >= 0.3 is 0 Å². The molecule has 0 rings (SSSR count). The van der Waals surface area contributed by atoms with Gasteiger partial charge in [0.15, 0.2) is 0 Å². The number of aldehydes is 1. The normalized spacial score (nSPS) is 13.4. The number of rotatable bonds is 4. The molecule has 1 nitrogen and oxygen atoms in total. The summed E-state index contributed by atoms with van der Waals surface area (Å²) >= 11 is 0. The Hall–Kier alpha value is -0.850. The lowest BCUT2D eigenvalue weighted by atomic mass is 10.1. The maximum Gasteiger partial charge on any atom is 0.145 e. The Morgan fingerprint density at radius 1 is 1.27 bits per heavy atom. The van der Waals surface area contributed by atoms with E-state index in [1.807, 2.05) is 19.1 Å². The molecule has 0 amide bonds. The molecule has 0 aliphatic rings. The van der Waals surface area contributed by atoms with Gasteiger partial charge in [-0.3, -0.25) is 4.79 Å². The van der Waals surface area contributed by atoms with Crippen molar-refractivity contribution in [1.82, 2.24) is 0 Å². The number of allylic oxidation sites excluding steroid dienone is 4. The molecule has 0 saturated heterocycles. The van der Waals surface area contributed by atoms with Crippen molar-refractivity contribution in [3.63, 3.8) is 0 Å². The Labute approximate surface area is 68.8 Å². The van der Waals surface area contributed by atoms with Gasteiger partial charge < -0.3 is 0 Å². The molecule has 0 fully saturated rings. The second-order valence-corrected chi connectivity index (χ2v) is 2.79. The summed E-state index contributed by atoms with van der Waals surface area (Å²) in [4.78, 5) is 10.2. The highest BCUT2D eigenvalue weighted by Gasteiger charge is 1.85. The summed E-state index contributed by atoms with van der Waals surface area (Å²) in [6.45, 7) is 6.04. The average Bonchev–Trinajstić information content (AvgIpc) is 2.01. The lowest BCUT2D eigenvalue weighted by Gasteiger charge is -1.93. The SMILES string of the molecule is CCC/C(C)=C/C=C(\C)C=O. The van der Waals surface area contributed by atoms with Crippen LogP contribution in [0.2, 0.25) is 0 Å². The van der Waals surface area contributed by atoms with Gasteiger partial charge in [0.25, 0.3) is 0 Å². The second kappa shape index (κ2) is 5.90. The summed E-state index contributed by atoms with van der Waals surface area (Å²) in [6, 6.07) is 0. The zero-order valence-electron chi connectivity index (χ0n) is 7.55. The molecule has 0 spiro atoms. The third kappa shape index (κ3) is 5.59. The molecule has 0 aliphatic carbocycles. The van der Waals surface area contributed by atoms with Crippen molar-refractivity contribution in [2.75, 3.05) is 0 Å². The molecule has 0 saturated carbocycles. The Kier molecular flexibility index (Phi) is 5.44. The van der Waals surface area contributed by atoms with E-state index >= 15 is 0 Å². The van der Waals surface area contributed by atoms with Crippen LogP contribution in [0, 0.1) is 0 Å². The van der Waals surface area contributed by atoms with Gasteiger partial charge in [-0.05, 0) is 25.8 Å². The first-order valence-electron chi connectivity index (χ1n) is 4.00. The standard InChI is InChI=1S/C10H16O/c1-4-5-9(2)6-7-10(3)8-11/h6-8H,4-5H2,1-3H3/b9-6+,10-7+. The quantitative estimate of drug-likeness (QED) is 0.344. The fourth-order valence-electron chi connectivity index (χ4n) is 0.791. The van der Waals surface area contributed by atoms with Gasteiger partial charge in [0.1, 0.15) is 6.29 Å². The molecule has 11 heavy (non-hydrogen) atoms. The van der Waals surface area contributed by atoms with Crippen LogP contribution in [0.5, 0.6) is 0 Å². The van der Waals surface area contributed by atoms with Gasteiger partial charge in [-0.25, -0.2) is 0 Å². The highest BCUT2D eigenvalue weighted by Crippen LogP contribution is 2.03. The Morgan fingerprint density at radius 2 is 1.91 bits per heavy atom. The summed E-state index contributed by atoms with van der Waals surface area (Å²) in [5.74, 6) is 0. The van der Waals surface area contributed by atoms with Gasteiger partial charge in [-0.15, -0.1) is 0 Å². The zero-order valence-corrected chi connectivity index (χ0v) is 7.55. The molecule has 62 valence electrons. The predicted octanol–water partition coefficient (Wildman–Crippen LogP) is 2.88. The zero-order chi connectivity index (χ0) is 8.69. The minimum absolute atomic E-state index is 0.778. The third-order valence-electron chi connectivity index (χ3n) is 1.46. The van der Waals surface area contributed by atoms with Crippen LogP contribution in [0.3, 0.4) is 0 Å². The van der Waals surface area contributed by atoms with Crippen LogP contribution in [-0.4, -0.2) is 6.29 Å². The molecule has 0 aromatic carbocycles. The fraction of sp³-hybridized carbons (Fsp3) is 0.500. The van der Waals surface area contributed by atoms with Crippen molar-refractivity contribution in [2.24, 2.45) is 0 Å². The van der Waals surface area contributed by atoms with Crippen molar-refractivity contribution in [3.05, 3.63) is 23.3 Å². The largest absolute Gasteiger partial charge is 0.298 e. The molecule has 0 aromatic heterocycles. The number of carbonyl (C=O) groups is 1. The van der Waals surface area contributed by atoms with E-state index in [2.05, 4.69) is 13.8 Å². The Bertz CT molecular complexity index is 175. The van der Waals surface area contributed by atoms with Gasteiger partial charge in [0.2, 0.25) is 0 Å². The second-order valence-electron chi connectivity index (χ2n) is 2.79. The smallest absolute Gasteiger partial charge is 0.145 e. The van der Waals surface area contributed by atoms with Gasteiger partial charge in [-0.1, -0.05) is 31.1 Å². The number of hydrogen-bond acceptors (Lipinski definition) is 1. The number of carbonyl (C=O) groups excluding carboxylic acids is 1. The molecule has 0 aliphatic heterocycles. The van der Waals surface area contributed by atoms with Crippen LogP contribution >= 0.6 is 0 Å². The topological polar surface area (TPSA) is 17.1 Å². The number of hydrogen-bond donors (Lipinski definition) is 0. The Balaban J connectivity index is 3.99. The lowest BCUT2D eigenvalue weighted by molar-refractivity contribution is -0.104. The molecule has 0 aromatic rings.